The molecule has 3 rings (SSSR count). The minimum Gasteiger partial charge on any atom is -0.476 e. The van der Waals surface area contributed by atoms with Gasteiger partial charge in [-0.3, -0.25) is 0 Å². The number of alkyl halides is 6. The summed E-state index contributed by atoms with van der Waals surface area (Å²) in [7, 11) is -3.58. The summed E-state index contributed by atoms with van der Waals surface area (Å²) in [6, 6.07) is -0.943. The highest BCUT2D eigenvalue weighted by Gasteiger charge is 2.47. The summed E-state index contributed by atoms with van der Waals surface area (Å²) in [6.45, 7) is -1.04. The maximum Gasteiger partial charge on any atom is 0.423 e. The third kappa shape index (κ3) is 5.33. The number of nitrogens with one attached hydrogen (secondary N) is 1. The number of nitrogens with zero attached hydrogens (tertiary/aromatic N) is 3. The Labute approximate surface area is 175 Å². The highest BCUT2D eigenvalue weighted by Crippen LogP contribution is 2.46. The molecule has 14 heteroatoms. The number of sulfonamides is 1. The van der Waals surface area contributed by atoms with Crippen molar-refractivity contribution in [2.45, 2.75) is 50.5 Å². The van der Waals surface area contributed by atoms with Crippen LogP contribution in [0.15, 0.2) is 6.20 Å². The number of aromatic nitrogens is 2. The summed E-state index contributed by atoms with van der Waals surface area (Å²) < 4.78 is 110. The number of ether oxygens (including phenoxy) is 1. The maximum atomic E-state index is 14.4. The summed E-state index contributed by atoms with van der Waals surface area (Å²) in [4.78, 5) is 7.20. The topological polar surface area (TPSA) is 84.4 Å². The quantitative estimate of drug-likeness (QED) is 0.609. The number of hydrogen-bond acceptors (Lipinski definition) is 6. The fourth-order valence-electron chi connectivity index (χ4n) is 3.52. The van der Waals surface area contributed by atoms with Crippen molar-refractivity contribution < 1.29 is 39.5 Å². The largest absolute Gasteiger partial charge is 0.476 e. The molecule has 1 saturated carbocycles. The van der Waals surface area contributed by atoms with Gasteiger partial charge in [-0.05, 0) is 19.3 Å². The van der Waals surface area contributed by atoms with Crippen molar-refractivity contribution in [2.24, 2.45) is 5.41 Å². The van der Waals surface area contributed by atoms with Gasteiger partial charge in [0.1, 0.15) is 18.3 Å². The van der Waals surface area contributed by atoms with Crippen LogP contribution in [0.5, 0.6) is 5.88 Å². The van der Waals surface area contributed by atoms with E-state index in [-0.39, 0.29) is 31.8 Å². The number of rotatable bonds is 7. The van der Waals surface area contributed by atoms with E-state index in [4.69, 9.17) is 4.74 Å². The molecular weight excluding hydrogens is 454 g/mol. The molecule has 0 radical (unpaired) electrons. The second-order valence-corrected chi connectivity index (χ2v) is 9.87. The lowest BCUT2D eigenvalue weighted by atomic mass is 9.70. The Hall–Kier alpha value is -1.83. The second kappa shape index (κ2) is 8.60. The smallest absolute Gasteiger partial charge is 0.423 e. The molecule has 2 heterocycles. The van der Waals surface area contributed by atoms with Crippen LogP contribution in [0.25, 0.3) is 0 Å². The summed E-state index contributed by atoms with van der Waals surface area (Å²) in [5, 5.41) is 2.56. The van der Waals surface area contributed by atoms with Crippen molar-refractivity contribution >= 4 is 16.0 Å². The number of anilines is 1. The molecular formula is C17H22F6N4O3S. The fraction of sp³-hybridized carbons (Fsp3) is 0.765. The third-order valence-corrected chi connectivity index (χ3v) is 6.93. The highest BCUT2D eigenvalue weighted by molar-refractivity contribution is 7.88. The second-order valence-electron chi connectivity index (χ2n) is 7.89. The van der Waals surface area contributed by atoms with E-state index in [1.165, 1.54) is 0 Å². The molecule has 2 atom stereocenters. The molecule has 176 valence electrons. The van der Waals surface area contributed by atoms with E-state index in [1.54, 1.807) is 0 Å². The fourth-order valence-corrected chi connectivity index (χ4v) is 4.37. The molecule has 1 aromatic rings. The number of hydrogen-bond donors (Lipinski definition) is 1. The van der Waals surface area contributed by atoms with Crippen LogP contribution in [-0.4, -0.2) is 67.3 Å². The summed E-state index contributed by atoms with van der Waals surface area (Å²) >= 11 is 0. The van der Waals surface area contributed by atoms with Gasteiger partial charge in [0.05, 0.1) is 17.7 Å². The molecule has 2 fully saturated rings. The van der Waals surface area contributed by atoms with Crippen molar-refractivity contribution in [3.05, 3.63) is 11.8 Å². The minimum atomic E-state index is -4.88. The van der Waals surface area contributed by atoms with Crippen LogP contribution in [0.4, 0.5) is 32.3 Å². The molecule has 1 aromatic heterocycles. The van der Waals surface area contributed by atoms with E-state index in [0.717, 1.165) is 10.6 Å². The lowest BCUT2D eigenvalue weighted by Crippen LogP contribution is -2.49. The van der Waals surface area contributed by atoms with E-state index in [9.17, 15) is 34.8 Å². The molecule has 0 spiro atoms. The van der Waals surface area contributed by atoms with Gasteiger partial charge in [-0.15, -0.1) is 0 Å². The van der Waals surface area contributed by atoms with Gasteiger partial charge in [0, 0.05) is 19.3 Å². The first-order valence-electron chi connectivity index (χ1n) is 9.53. The molecule has 0 unspecified atom stereocenters. The van der Waals surface area contributed by atoms with Crippen LogP contribution in [0.1, 0.15) is 31.2 Å². The summed E-state index contributed by atoms with van der Waals surface area (Å²) in [5.41, 5.74) is -2.84. The predicted octanol–water partition coefficient (Wildman–Crippen LogP) is 3.09. The minimum absolute atomic E-state index is 0.0117. The van der Waals surface area contributed by atoms with Crippen molar-refractivity contribution in [3.8, 4) is 5.88 Å². The lowest BCUT2D eigenvalue weighted by Gasteiger charge is -2.40. The van der Waals surface area contributed by atoms with Gasteiger partial charge in [0.2, 0.25) is 28.3 Å². The molecule has 0 aromatic carbocycles. The SMILES string of the molecule is CS(=O)(=O)N1CC[C@@H](Nc2ncc(C(F)(F)F)c(OCC3(C(F)F)CCC3)n2)[C@H](F)C1. The standard InChI is InChI=1S/C17H22F6N4O3S/c1-31(28,29)27-6-3-12(11(18)8-27)25-15-24-7-10(17(21,22)23)13(26-15)30-9-16(14(19)20)4-2-5-16/h7,11-12,14H,2-6,8-9H2,1H3,(H,24,25,26)/t11-,12-/m1/s1. The van der Waals surface area contributed by atoms with Crippen molar-refractivity contribution in [3.63, 3.8) is 0 Å². The molecule has 0 bridgehead atoms. The van der Waals surface area contributed by atoms with Gasteiger partial charge in [0.15, 0.2) is 0 Å². The van der Waals surface area contributed by atoms with E-state index in [2.05, 4.69) is 15.3 Å². The van der Waals surface area contributed by atoms with Crippen LogP contribution in [0, 0.1) is 5.41 Å². The molecule has 2 aliphatic rings. The zero-order valence-corrected chi connectivity index (χ0v) is 17.3. The van der Waals surface area contributed by atoms with Crippen LogP contribution in [0.3, 0.4) is 0 Å². The Bertz CT molecular complexity index is 894. The van der Waals surface area contributed by atoms with Gasteiger partial charge in [0.25, 0.3) is 0 Å². The Balaban J connectivity index is 1.75. The number of piperidine rings is 1. The van der Waals surface area contributed by atoms with Crippen LogP contribution < -0.4 is 10.1 Å². The lowest BCUT2D eigenvalue weighted by molar-refractivity contribution is -0.141. The van der Waals surface area contributed by atoms with Gasteiger partial charge >= 0.3 is 6.18 Å². The molecule has 1 saturated heterocycles. The average molecular weight is 476 g/mol. The first kappa shape index (κ1) is 23.8. The predicted molar refractivity (Wildman–Crippen MR) is 98.2 cm³/mol. The summed E-state index contributed by atoms with van der Waals surface area (Å²) in [6.07, 6.45) is -7.07. The van der Waals surface area contributed by atoms with Gasteiger partial charge in [-0.1, -0.05) is 6.42 Å². The molecule has 1 aliphatic carbocycles. The van der Waals surface area contributed by atoms with Gasteiger partial charge in [-0.25, -0.2) is 26.6 Å². The monoisotopic (exact) mass is 476 g/mol. The van der Waals surface area contributed by atoms with E-state index >= 15 is 0 Å². The van der Waals surface area contributed by atoms with Crippen LogP contribution >= 0.6 is 0 Å². The van der Waals surface area contributed by atoms with E-state index in [0.29, 0.717) is 12.6 Å². The van der Waals surface area contributed by atoms with E-state index < -0.39 is 64.8 Å². The van der Waals surface area contributed by atoms with Crippen molar-refractivity contribution in [1.29, 1.82) is 0 Å². The first-order chi connectivity index (χ1) is 14.3. The molecule has 1 aliphatic heterocycles. The van der Waals surface area contributed by atoms with E-state index in [1.807, 2.05) is 0 Å². The highest BCUT2D eigenvalue weighted by atomic mass is 32.2. The average Bonchev–Trinajstić information content (AvgIpc) is 2.60. The van der Waals surface area contributed by atoms with Crippen molar-refractivity contribution in [1.82, 2.24) is 14.3 Å². The Kier molecular flexibility index (Phi) is 6.61. The van der Waals surface area contributed by atoms with Crippen LogP contribution in [-0.2, 0) is 16.2 Å². The molecule has 1 N–H and O–H groups in total. The zero-order chi connectivity index (χ0) is 23.0. The van der Waals surface area contributed by atoms with Gasteiger partial charge < -0.3 is 10.1 Å². The molecule has 0 amide bonds. The third-order valence-electron chi connectivity index (χ3n) is 5.66. The van der Waals surface area contributed by atoms with Gasteiger partial charge in [-0.2, -0.15) is 22.5 Å². The Morgan fingerprint density at radius 3 is 2.52 bits per heavy atom. The maximum absolute atomic E-state index is 14.4. The van der Waals surface area contributed by atoms with Crippen molar-refractivity contribution in [2.75, 3.05) is 31.3 Å². The van der Waals surface area contributed by atoms with Crippen LogP contribution in [0.2, 0.25) is 0 Å². The first-order valence-corrected chi connectivity index (χ1v) is 11.4. The normalized spacial score (nSPS) is 24.6. The Morgan fingerprint density at radius 1 is 1.35 bits per heavy atom. The Morgan fingerprint density at radius 2 is 2.03 bits per heavy atom. The summed E-state index contributed by atoms with van der Waals surface area (Å²) in [5.74, 6) is -1.29. The zero-order valence-electron chi connectivity index (χ0n) is 16.5. The molecule has 31 heavy (non-hydrogen) atoms. The molecule has 7 nitrogen and oxygen atoms in total. The number of halogens is 6.